The maximum absolute atomic E-state index is 15.2. The topological polar surface area (TPSA) is 119 Å². The van der Waals surface area contributed by atoms with Crippen LogP contribution in [0.5, 0.6) is 0 Å². The highest BCUT2D eigenvalue weighted by atomic mass is 19.1. The summed E-state index contributed by atoms with van der Waals surface area (Å²) in [6, 6.07) is 8.58. The van der Waals surface area contributed by atoms with E-state index in [0.29, 0.717) is 50.4 Å². The molecule has 0 bridgehead atoms. The lowest BCUT2D eigenvalue weighted by Crippen LogP contribution is -2.54. The first kappa shape index (κ1) is 29.4. The number of benzene rings is 2. The Balaban J connectivity index is 1.06. The van der Waals surface area contributed by atoms with E-state index >= 15 is 4.39 Å². The molecule has 2 atom stereocenters. The zero-order valence-electron chi connectivity index (χ0n) is 23.9. The van der Waals surface area contributed by atoms with Gasteiger partial charge in [0.15, 0.2) is 0 Å². The normalized spacial score (nSPS) is 22.2. The number of rotatable bonds is 7. The van der Waals surface area contributed by atoms with Gasteiger partial charge in [0.2, 0.25) is 17.7 Å². The number of allylic oxidation sites excluding steroid dienone is 3. The Bertz CT molecular complexity index is 1610. The van der Waals surface area contributed by atoms with Crippen molar-refractivity contribution in [1.82, 2.24) is 20.0 Å². The van der Waals surface area contributed by atoms with Crippen LogP contribution in [0, 0.1) is 11.7 Å². The number of carbonyl (C=O) groups is 5. The molecule has 0 saturated carbocycles. The first-order valence-electron chi connectivity index (χ1n) is 14.6. The molecule has 2 unspecified atom stereocenters. The summed E-state index contributed by atoms with van der Waals surface area (Å²) in [5.41, 5.74) is 1.71. The van der Waals surface area contributed by atoms with Crippen LogP contribution in [0.4, 0.5) is 14.5 Å². The van der Waals surface area contributed by atoms with Gasteiger partial charge in [-0.15, -0.1) is 0 Å². The highest BCUT2D eigenvalue weighted by Crippen LogP contribution is 2.33. The largest absolute Gasteiger partial charge is 0.380 e. The lowest BCUT2D eigenvalue weighted by molar-refractivity contribution is -0.137. The minimum Gasteiger partial charge on any atom is -0.380 e. The molecule has 228 valence electrons. The number of anilines is 1. The minimum atomic E-state index is -1.07. The van der Waals surface area contributed by atoms with Crippen molar-refractivity contribution in [2.24, 2.45) is 5.92 Å². The number of imide groups is 2. The predicted molar refractivity (Wildman–Crippen MR) is 155 cm³/mol. The van der Waals surface area contributed by atoms with Gasteiger partial charge in [-0.25, -0.2) is 8.78 Å². The minimum absolute atomic E-state index is 0.0253. The van der Waals surface area contributed by atoms with Gasteiger partial charge in [-0.05, 0) is 42.7 Å². The van der Waals surface area contributed by atoms with Crippen LogP contribution >= 0.6 is 0 Å². The second-order valence-electron chi connectivity index (χ2n) is 11.3. The molecule has 2 N–H and O–H groups in total. The number of piperidine rings is 1. The first-order valence-corrected chi connectivity index (χ1v) is 14.6. The van der Waals surface area contributed by atoms with Crippen LogP contribution in [-0.2, 0) is 27.5 Å². The van der Waals surface area contributed by atoms with Gasteiger partial charge < -0.3 is 10.2 Å². The van der Waals surface area contributed by atoms with E-state index in [1.807, 2.05) is 6.07 Å². The Kier molecular flexibility index (Phi) is 8.09. The van der Waals surface area contributed by atoms with Crippen molar-refractivity contribution in [3.8, 4) is 0 Å². The molecule has 1 aliphatic carbocycles. The molecule has 0 radical (unpaired) electrons. The molecule has 12 heteroatoms. The number of carbonyl (C=O) groups excluding carboxylic acids is 5. The van der Waals surface area contributed by atoms with Crippen LogP contribution in [0.25, 0.3) is 0 Å². The molecule has 3 aliphatic heterocycles. The summed E-state index contributed by atoms with van der Waals surface area (Å²) in [5, 5.41) is 5.24. The number of amides is 5. The van der Waals surface area contributed by atoms with Crippen LogP contribution < -0.4 is 10.6 Å². The van der Waals surface area contributed by atoms with E-state index < -0.39 is 47.2 Å². The lowest BCUT2D eigenvalue weighted by Gasteiger charge is -2.36. The summed E-state index contributed by atoms with van der Waals surface area (Å²) in [7, 11) is 0. The van der Waals surface area contributed by atoms with E-state index in [1.165, 1.54) is 18.2 Å². The summed E-state index contributed by atoms with van der Waals surface area (Å²) in [5.74, 6) is -4.18. The average Bonchev–Trinajstić information content (AvgIpc) is 3.27. The molecular weight excluding hydrogens is 572 g/mol. The summed E-state index contributed by atoms with van der Waals surface area (Å²) in [6.07, 6.45) is 5.19. The quantitative estimate of drug-likeness (QED) is 0.468. The van der Waals surface area contributed by atoms with Gasteiger partial charge in [0.25, 0.3) is 11.8 Å². The maximum Gasteiger partial charge on any atom is 0.264 e. The number of nitrogens with one attached hydrogen (secondary N) is 2. The van der Waals surface area contributed by atoms with Crippen molar-refractivity contribution < 1.29 is 32.8 Å². The van der Waals surface area contributed by atoms with Crippen molar-refractivity contribution in [2.75, 3.05) is 31.5 Å². The van der Waals surface area contributed by atoms with Gasteiger partial charge in [0.1, 0.15) is 17.7 Å². The number of nitrogens with zero attached hydrogens (tertiary/aromatic N) is 3. The fourth-order valence-corrected chi connectivity index (χ4v) is 6.11. The van der Waals surface area contributed by atoms with Gasteiger partial charge in [0.05, 0.1) is 17.0 Å². The Morgan fingerprint density at radius 2 is 1.80 bits per heavy atom. The van der Waals surface area contributed by atoms with E-state index in [4.69, 9.17) is 0 Å². The van der Waals surface area contributed by atoms with Gasteiger partial charge in [-0.3, -0.25) is 39.1 Å². The molecule has 44 heavy (non-hydrogen) atoms. The molecule has 6 rings (SSSR count). The van der Waals surface area contributed by atoms with Crippen LogP contribution in [0.3, 0.4) is 0 Å². The van der Waals surface area contributed by atoms with Crippen molar-refractivity contribution in [3.63, 3.8) is 0 Å². The van der Waals surface area contributed by atoms with Crippen molar-refractivity contribution in [3.05, 3.63) is 88.5 Å². The van der Waals surface area contributed by atoms with Gasteiger partial charge in [-0.1, -0.05) is 30.4 Å². The molecule has 2 aromatic rings. The number of fused-ring (bicyclic) bond motifs is 1. The fourth-order valence-electron chi connectivity index (χ4n) is 6.11. The molecule has 4 aliphatic rings. The van der Waals surface area contributed by atoms with Crippen LogP contribution in [0.1, 0.15) is 51.1 Å². The fraction of sp³-hybridized carbons (Fsp3) is 0.344. The van der Waals surface area contributed by atoms with E-state index in [9.17, 15) is 28.4 Å². The SMILES string of the molecule is O=C1CCC(N2C(=O)c3cccc(NCc4ccc(CN5CCN(C(=O)C6CC=CC=C6F)CC5)cc4F)c3C2=O)C(=O)N1. The van der Waals surface area contributed by atoms with Crippen molar-refractivity contribution >= 4 is 35.2 Å². The summed E-state index contributed by atoms with van der Waals surface area (Å²) in [6.45, 7) is 2.66. The third-order valence-electron chi connectivity index (χ3n) is 8.54. The second kappa shape index (κ2) is 12.1. The molecule has 10 nitrogen and oxygen atoms in total. The Morgan fingerprint density at radius 3 is 2.52 bits per heavy atom. The van der Waals surface area contributed by atoms with E-state index in [0.717, 1.165) is 10.5 Å². The number of hydrogen-bond donors (Lipinski definition) is 2. The van der Waals surface area contributed by atoms with Crippen molar-refractivity contribution in [1.29, 1.82) is 0 Å². The van der Waals surface area contributed by atoms with Gasteiger partial charge in [-0.2, -0.15) is 0 Å². The zero-order chi connectivity index (χ0) is 31.0. The second-order valence-corrected chi connectivity index (χ2v) is 11.3. The molecular formula is C32H31F2N5O5. The Hall–Kier alpha value is -4.71. The highest BCUT2D eigenvalue weighted by molar-refractivity contribution is 6.25. The maximum atomic E-state index is 15.2. The third-order valence-corrected chi connectivity index (χ3v) is 8.54. The molecule has 0 spiro atoms. The van der Waals surface area contributed by atoms with E-state index in [1.54, 1.807) is 35.3 Å². The predicted octanol–water partition coefficient (Wildman–Crippen LogP) is 2.91. The van der Waals surface area contributed by atoms with Crippen LogP contribution in [0.15, 0.2) is 60.5 Å². The monoisotopic (exact) mass is 603 g/mol. The Labute approximate surface area is 252 Å². The molecule has 2 fully saturated rings. The molecule has 2 saturated heterocycles. The molecule has 3 heterocycles. The van der Waals surface area contributed by atoms with E-state index in [2.05, 4.69) is 15.5 Å². The van der Waals surface area contributed by atoms with Crippen LogP contribution in [-0.4, -0.2) is 76.5 Å². The Morgan fingerprint density at radius 1 is 1.00 bits per heavy atom. The highest BCUT2D eigenvalue weighted by Gasteiger charge is 2.45. The summed E-state index contributed by atoms with van der Waals surface area (Å²) >= 11 is 0. The molecule has 5 amide bonds. The zero-order valence-corrected chi connectivity index (χ0v) is 23.9. The van der Waals surface area contributed by atoms with Crippen LogP contribution in [0.2, 0.25) is 0 Å². The summed E-state index contributed by atoms with van der Waals surface area (Å²) in [4.78, 5) is 67.7. The number of piperazine rings is 1. The van der Waals surface area contributed by atoms with E-state index in [-0.39, 0.29) is 36.4 Å². The van der Waals surface area contributed by atoms with Gasteiger partial charge in [0, 0.05) is 56.9 Å². The third kappa shape index (κ3) is 5.64. The molecule has 0 aromatic heterocycles. The molecule has 2 aromatic carbocycles. The van der Waals surface area contributed by atoms with Crippen molar-refractivity contribution in [2.45, 2.75) is 38.4 Å². The average molecular weight is 604 g/mol. The number of hydrogen-bond acceptors (Lipinski definition) is 7. The van der Waals surface area contributed by atoms with Gasteiger partial charge >= 0.3 is 0 Å². The number of halogens is 2. The standard InChI is InChI=1S/C32H31F2N5O5/c33-23-6-2-1-4-21(23)30(42)38-14-12-37(13-15-38)18-19-8-9-20(24(34)16-19)17-35-25-7-3-5-22-28(25)32(44)39(31(22)43)26-10-11-27(40)36-29(26)41/h1-3,5-9,16,21,26,35H,4,10-15,17-18H2,(H,36,40,41). The summed E-state index contributed by atoms with van der Waals surface area (Å²) < 4.78 is 29.2. The smallest absolute Gasteiger partial charge is 0.264 e. The first-order chi connectivity index (χ1) is 21.2. The lowest BCUT2D eigenvalue weighted by atomic mass is 9.97.